The molecule has 1 rings (SSSR count). The van der Waals surface area contributed by atoms with Crippen molar-refractivity contribution in [2.75, 3.05) is 0 Å². The molecule has 1 aromatic heterocycles. The van der Waals surface area contributed by atoms with Gasteiger partial charge < -0.3 is 4.74 Å². The molecule has 0 amide bonds. The van der Waals surface area contributed by atoms with E-state index >= 15 is 0 Å². The Morgan fingerprint density at radius 3 is 2.21 bits per heavy atom. The van der Waals surface area contributed by atoms with Crippen LogP contribution in [0.15, 0.2) is 6.20 Å². The summed E-state index contributed by atoms with van der Waals surface area (Å²) in [6, 6.07) is 0. The molecule has 2 nitrogen and oxygen atoms in total. The molecule has 0 saturated heterocycles. The van der Waals surface area contributed by atoms with Gasteiger partial charge in [-0.1, -0.05) is 0 Å². The third-order valence-electron chi connectivity index (χ3n) is 1.11. The van der Waals surface area contributed by atoms with Gasteiger partial charge in [-0.2, -0.15) is 8.78 Å². The van der Waals surface area contributed by atoms with E-state index in [0.717, 1.165) is 0 Å². The van der Waals surface area contributed by atoms with E-state index in [1.165, 1.54) is 0 Å². The SMILES string of the molecule is Fc1cnc(F)c(OC(F)(F)F)c1F. The number of halogens is 6. The number of hydrogen-bond acceptors (Lipinski definition) is 2. The summed E-state index contributed by atoms with van der Waals surface area (Å²) in [6.45, 7) is 0. The molecule has 0 bridgehead atoms. The molecule has 0 spiro atoms. The monoisotopic (exact) mass is 217 g/mol. The summed E-state index contributed by atoms with van der Waals surface area (Å²) in [5.74, 6) is -7.58. The minimum atomic E-state index is -5.31. The van der Waals surface area contributed by atoms with Crippen LogP contribution >= 0.6 is 0 Å². The van der Waals surface area contributed by atoms with Gasteiger partial charge in [0.1, 0.15) is 0 Å². The highest BCUT2D eigenvalue weighted by Gasteiger charge is 2.35. The Morgan fingerprint density at radius 2 is 1.71 bits per heavy atom. The van der Waals surface area contributed by atoms with E-state index < -0.39 is 29.7 Å². The first-order chi connectivity index (χ1) is 6.31. The zero-order chi connectivity index (χ0) is 10.9. The van der Waals surface area contributed by atoms with Gasteiger partial charge in [0.2, 0.25) is 11.6 Å². The van der Waals surface area contributed by atoms with Gasteiger partial charge in [0, 0.05) is 0 Å². The maximum Gasteiger partial charge on any atom is 0.573 e. The van der Waals surface area contributed by atoms with E-state index in [2.05, 4.69) is 9.72 Å². The van der Waals surface area contributed by atoms with Gasteiger partial charge in [-0.3, -0.25) is 0 Å². The molecule has 0 aliphatic rings. The van der Waals surface area contributed by atoms with E-state index in [4.69, 9.17) is 0 Å². The molecule has 1 heterocycles. The molecule has 1 aromatic rings. The van der Waals surface area contributed by atoms with Crippen LogP contribution in [-0.2, 0) is 0 Å². The first-order valence-electron chi connectivity index (χ1n) is 3.06. The van der Waals surface area contributed by atoms with Crippen molar-refractivity contribution in [3.8, 4) is 5.75 Å². The Labute approximate surface area is 73.1 Å². The second-order valence-corrected chi connectivity index (χ2v) is 2.09. The molecule has 8 heteroatoms. The fourth-order valence-electron chi connectivity index (χ4n) is 0.630. The molecular formula is C6HF6NO. The van der Waals surface area contributed by atoms with Crippen LogP contribution in [0.4, 0.5) is 26.3 Å². The average Bonchev–Trinajstić information content (AvgIpc) is 2.04. The van der Waals surface area contributed by atoms with Crippen molar-refractivity contribution in [3.63, 3.8) is 0 Å². The van der Waals surface area contributed by atoms with Crippen LogP contribution in [0, 0.1) is 17.6 Å². The zero-order valence-corrected chi connectivity index (χ0v) is 6.20. The number of pyridine rings is 1. The first kappa shape index (κ1) is 10.6. The topological polar surface area (TPSA) is 22.1 Å². The van der Waals surface area contributed by atoms with Gasteiger partial charge in [-0.25, -0.2) is 9.37 Å². The van der Waals surface area contributed by atoms with Crippen LogP contribution in [0.2, 0.25) is 0 Å². The Morgan fingerprint density at radius 1 is 1.14 bits per heavy atom. The highest BCUT2D eigenvalue weighted by Crippen LogP contribution is 2.28. The summed E-state index contributed by atoms with van der Waals surface area (Å²) in [6.07, 6.45) is -5.20. The van der Waals surface area contributed by atoms with Crippen molar-refractivity contribution in [1.29, 1.82) is 0 Å². The number of rotatable bonds is 1. The highest BCUT2D eigenvalue weighted by molar-refractivity contribution is 5.22. The molecule has 0 aliphatic carbocycles. The van der Waals surface area contributed by atoms with Crippen LogP contribution in [0.25, 0.3) is 0 Å². The maximum atomic E-state index is 12.5. The van der Waals surface area contributed by atoms with E-state index in [-0.39, 0.29) is 6.20 Å². The predicted molar refractivity (Wildman–Crippen MR) is 30.8 cm³/mol. The molecule has 0 atom stereocenters. The summed E-state index contributed by atoms with van der Waals surface area (Å²) in [4.78, 5) is 2.52. The van der Waals surface area contributed by atoms with E-state index in [0.29, 0.717) is 0 Å². The van der Waals surface area contributed by atoms with Gasteiger partial charge in [0.15, 0.2) is 5.82 Å². The number of hydrogen-bond donors (Lipinski definition) is 0. The molecular weight excluding hydrogens is 216 g/mol. The normalized spacial score (nSPS) is 11.6. The lowest BCUT2D eigenvalue weighted by atomic mass is 10.4. The van der Waals surface area contributed by atoms with Crippen molar-refractivity contribution in [3.05, 3.63) is 23.8 Å². The van der Waals surface area contributed by atoms with Gasteiger partial charge in [0.05, 0.1) is 6.20 Å². The fourth-order valence-corrected chi connectivity index (χ4v) is 0.630. The summed E-state index contributed by atoms with van der Waals surface area (Å²) in [7, 11) is 0. The average molecular weight is 217 g/mol. The third kappa shape index (κ3) is 2.27. The summed E-state index contributed by atoms with van der Waals surface area (Å²) in [5.41, 5.74) is 0. The van der Waals surface area contributed by atoms with Crippen molar-refractivity contribution >= 4 is 0 Å². The zero-order valence-electron chi connectivity index (χ0n) is 6.20. The molecule has 0 N–H and O–H groups in total. The van der Waals surface area contributed by atoms with Gasteiger partial charge >= 0.3 is 6.36 Å². The lowest BCUT2D eigenvalue weighted by Crippen LogP contribution is -2.19. The highest BCUT2D eigenvalue weighted by atomic mass is 19.4. The lowest BCUT2D eigenvalue weighted by molar-refractivity contribution is -0.276. The third-order valence-corrected chi connectivity index (χ3v) is 1.11. The molecule has 0 unspecified atom stereocenters. The smallest absolute Gasteiger partial charge is 0.398 e. The van der Waals surface area contributed by atoms with Crippen LogP contribution in [0.3, 0.4) is 0 Å². The molecule has 14 heavy (non-hydrogen) atoms. The van der Waals surface area contributed by atoms with Gasteiger partial charge in [0.25, 0.3) is 5.95 Å². The van der Waals surface area contributed by atoms with Gasteiger partial charge in [-0.15, -0.1) is 13.2 Å². The minimum absolute atomic E-state index is 0.105. The first-order valence-corrected chi connectivity index (χ1v) is 3.06. The van der Waals surface area contributed by atoms with Crippen molar-refractivity contribution in [2.45, 2.75) is 6.36 Å². The van der Waals surface area contributed by atoms with Crippen LogP contribution in [-0.4, -0.2) is 11.3 Å². The van der Waals surface area contributed by atoms with E-state index in [1.807, 2.05) is 0 Å². The molecule has 0 saturated carbocycles. The van der Waals surface area contributed by atoms with Crippen LogP contribution < -0.4 is 4.74 Å². The van der Waals surface area contributed by atoms with Crippen molar-refractivity contribution < 1.29 is 31.1 Å². The van der Waals surface area contributed by atoms with Gasteiger partial charge in [-0.05, 0) is 0 Å². The quantitative estimate of drug-likeness (QED) is 0.532. The predicted octanol–water partition coefficient (Wildman–Crippen LogP) is 2.40. The number of ether oxygens (including phenoxy) is 1. The number of alkyl halides is 3. The van der Waals surface area contributed by atoms with Crippen molar-refractivity contribution in [2.24, 2.45) is 0 Å². The molecule has 78 valence electrons. The Kier molecular flexibility index (Phi) is 2.54. The second kappa shape index (κ2) is 3.35. The largest absolute Gasteiger partial charge is 0.573 e. The molecule has 0 radical (unpaired) electrons. The molecule has 0 fully saturated rings. The Hall–Kier alpha value is -1.47. The van der Waals surface area contributed by atoms with E-state index in [1.54, 1.807) is 0 Å². The second-order valence-electron chi connectivity index (χ2n) is 2.09. The van der Waals surface area contributed by atoms with E-state index in [9.17, 15) is 26.3 Å². The standard InChI is InChI=1S/C6HF6NO/c7-2-1-13-5(9)4(3(2)8)14-6(10,11)12/h1H. The van der Waals surface area contributed by atoms with Crippen LogP contribution in [0.5, 0.6) is 5.75 Å². The lowest BCUT2D eigenvalue weighted by Gasteiger charge is -2.09. The summed E-state index contributed by atoms with van der Waals surface area (Å²) < 4.78 is 74.7. The number of aromatic nitrogens is 1. The molecule has 0 aliphatic heterocycles. The Bertz CT molecular complexity index is 349. The molecule has 0 aromatic carbocycles. The summed E-state index contributed by atoms with van der Waals surface area (Å²) in [5, 5.41) is 0. The maximum absolute atomic E-state index is 12.5. The minimum Gasteiger partial charge on any atom is -0.398 e. The number of nitrogens with zero attached hydrogens (tertiary/aromatic N) is 1. The Balaban J connectivity index is 3.13. The summed E-state index contributed by atoms with van der Waals surface area (Å²) >= 11 is 0. The van der Waals surface area contributed by atoms with Crippen molar-refractivity contribution in [1.82, 2.24) is 4.98 Å². The fraction of sp³-hybridized carbons (Fsp3) is 0.167. The van der Waals surface area contributed by atoms with Crippen LogP contribution in [0.1, 0.15) is 0 Å².